The highest BCUT2D eigenvalue weighted by molar-refractivity contribution is 7.98. The van der Waals surface area contributed by atoms with Crippen LogP contribution in [0.15, 0.2) is 27.1 Å². The highest BCUT2D eigenvalue weighted by atomic mass is 32.2. The van der Waals surface area contributed by atoms with Crippen LogP contribution in [0.2, 0.25) is 0 Å². The summed E-state index contributed by atoms with van der Waals surface area (Å²) in [6.07, 6.45) is 3.26. The van der Waals surface area contributed by atoms with Gasteiger partial charge in [-0.3, -0.25) is 24.4 Å². The van der Waals surface area contributed by atoms with Crippen molar-refractivity contribution >= 4 is 17.6 Å². The number of aromatic amines is 1. The van der Waals surface area contributed by atoms with E-state index in [4.69, 9.17) is 0 Å². The molecule has 19 heavy (non-hydrogen) atoms. The lowest BCUT2D eigenvalue weighted by Crippen LogP contribution is -2.33. The summed E-state index contributed by atoms with van der Waals surface area (Å²) in [6.45, 7) is 0. The van der Waals surface area contributed by atoms with Gasteiger partial charge in [-0.15, -0.1) is 0 Å². The molecule has 0 amide bonds. The molecule has 0 spiro atoms. The summed E-state index contributed by atoms with van der Waals surface area (Å²) in [6, 6.07) is 0. The molecule has 0 aliphatic heterocycles. The van der Waals surface area contributed by atoms with Gasteiger partial charge in [-0.25, -0.2) is 4.98 Å². The first kappa shape index (κ1) is 13.3. The van der Waals surface area contributed by atoms with Gasteiger partial charge in [-0.05, 0) is 0 Å². The quantitative estimate of drug-likeness (QED) is 0.579. The smallest absolute Gasteiger partial charge is 0.339 e. The lowest BCUT2D eigenvalue weighted by molar-refractivity contribution is 0.596. The zero-order valence-corrected chi connectivity index (χ0v) is 11.2. The molecule has 8 nitrogen and oxygen atoms in total. The van der Waals surface area contributed by atoms with Gasteiger partial charge in [0.1, 0.15) is 5.82 Å². The first-order valence-corrected chi connectivity index (χ1v) is 6.37. The fraction of sp³-hybridized carbons (Fsp3) is 0.300. The third-order valence-corrected chi connectivity index (χ3v) is 3.32. The Hall–Kier alpha value is -2.16. The summed E-state index contributed by atoms with van der Waals surface area (Å²) < 4.78 is 1.41. The third-order valence-electron chi connectivity index (χ3n) is 2.26. The second-order valence-electron chi connectivity index (χ2n) is 3.63. The van der Waals surface area contributed by atoms with Crippen LogP contribution < -0.4 is 16.4 Å². The van der Waals surface area contributed by atoms with Gasteiger partial charge in [-0.2, -0.15) is 4.98 Å². The van der Waals surface area contributed by atoms with Gasteiger partial charge in [0.2, 0.25) is 0 Å². The van der Waals surface area contributed by atoms with Crippen LogP contribution in [0.25, 0.3) is 0 Å². The lowest BCUT2D eigenvalue weighted by atomic mass is 10.5. The average molecular weight is 280 g/mol. The van der Waals surface area contributed by atoms with Crippen molar-refractivity contribution in [2.45, 2.75) is 10.9 Å². The van der Waals surface area contributed by atoms with Crippen molar-refractivity contribution in [3.8, 4) is 0 Å². The molecule has 0 radical (unpaired) electrons. The molecule has 0 aliphatic carbocycles. The van der Waals surface area contributed by atoms with Gasteiger partial charge in [0.25, 0.3) is 0 Å². The molecule has 2 heterocycles. The molecule has 2 rings (SSSR count). The van der Waals surface area contributed by atoms with E-state index in [9.17, 15) is 9.59 Å². The van der Waals surface area contributed by atoms with Crippen molar-refractivity contribution in [3.05, 3.63) is 38.8 Å². The second-order valence-corrected chi connectivity index (χ2v) is 4.57. The molecule has 0 fully saturated rings. The van der Waals surface area contributed by atoms with Crippen LogP contribution in [0.3, 0.4) is 0 Å². The first-order chi connectivity index (χ1) is 9.10. The minimum atomic E-state index is -0.794. The first-order valence-electron chi connectivity index (χ1n) is 5.39. The largest absolute Gasteiger partial charge is 0.372 e. The number of aryl methyl sites for hydroxylation is 1. The van der Waals surface area contributed by atoms with Crippen LogP contribution in [-0.4, -0.2) is 31.8 Å². The normalized spacial score (nSPS) is 10.4. The standard InChI is InChI=1S/C10H12N6O2S/c1-11-7-4-12-6(3-13-7)5-19-10-14-8(17)9(18)15-16(10)2/h3-4H,5H2,1-2H3,(H,11,13)(H,15,18). The van der Waals surface area contributed by atoms with Gasteiger partial charge in [-0.1, -0.05) is 11.8 Å². The Morgan fingerprint density at radius 2 is 2.16 bits per heavy atom. The Morgan fingerprint density at radius 1 is 1.37 bits per heavy atom. The maximum atomic E-state index is 11.2. The zero-order valence-electron chi connectivity index (χ0n) is 10.4. The molecule has 0 aliphatic rings. The average Bonchev–Trinajstić information content (AvgIpc) is 2.42. The Kier molecular flexibility index (Phi) is 3.95. The van der Waals surface area contributed by atoms with Crippen LogP contribution in [0.5, 0.6) is 0 Å². The predicted molar refractivity (Wildman–Crippen MR) is 71.2 cm³/mol. The van der Waals surface area contributed by atoms with Crippen molar-refractivity contribution in [1.82, 2.24) is 24.7 Å². The molecular formula is C10H12N6O2S. The monoisotopic (exact) mass is 280 g/mol. The molecule has 2 aromatic rings. The summed E-state index contributed by atoms with van der Waals surface area (Å²) in [5.41, 5.74) is -0.772. The Morgan fingerprint density at radius 3 is 2.79 bits per heavy atom. The minimum absolute atomic E-state index is 0.420. The van der Waals surface area contributed by atoms with E-state index in [2.05, 4.69) is 25.4 Å². The Labute approximate surface area is 112 Å². The van der Waals surface area contributed by atoms with Gasteiger partial charge in [0.15, 0.2) is 5.16 Å². The number of H-pyrrole nitrogens is 1. The molecule has 9 heteroatoms. The van der Waals surface area contributed by atoms with Crippen molar-refractivity contribution in [2.75, 3.05) is 12.4 Å². The van der Waals surface area contributed by atoms with Crippen LogP contribution in [0, 0.1) is 0 Å². The van der Waals surface area contributed by atoms with E-state index in [0.717, 1.165) is 5.69 Å². The number of hydrogen-bond acceptors (Lipinski definition) is 7. The summed E-state index contributed by atoms with van der Waals surface area (Å²) in [5, 5.41) is 5.67. The Balaban J connectivity index is 2.12. The van der Waals surface area contributed by atoms with Crippen molar-refractivity contribution in [1.29, 1.82) is 0 Å². The fourth-order valence-corrected chi connectivity index (χ4v) is 2.10. The molecule has 0 atom stereocenters. The number of rotatable bonds is 4. The van der Waals surface area contributed by atoms with E-state index in [0.29, 0.717) is 16.7 Å². The van der Waals surface area contributed by atoms with Crippen molar-refractivity contribution in [2.24, 2.45) is 7.05 Å². The van der Waals surface area contributed by atoms with E-state index in [1.54, 1.807) is 26.5 Å². The van der Waals surface area contributed by atoms with Gasteiger partial charge in [0, 0.05) is 19.8 Å². The molecule has 2 N–H and O–H groups in total. The van der Waals surface area contributed by atoms with Gasteiger partial charge < -0.3 is 5.32 Å². The lowest BCUT2D eigenvalue weighted by Gasteiger charge is -2.05. The maximum absolute atomic E-state index is 11.2. The van der Waals surface area contributed by atoms with Crippen LogP contribution in [0.4, 0.5) is 5.82 Å². The second kappa shape index (κ2) is 5.65. The summed E-state index contributed by atoms with van der Waals surface area (Å²) >= 11 is 1.30. The number of thioether (sulfide) groups is 1. The highest BCUT2D eigenvalue weighted by Gasteiger charge is 2.05. The molecule has 0 bridgehead atoms. The number of nitrogens with zero attached hydrogens (tertiary/aromatic N) is 4. The van der Waals surface area contributed by atoms with Gasteiger partial charge in [0.05, 0.1) is 18.1 Å². The maximum Gasteiger partial charge on any atom is 0.339 e. The molecule has 0 saturated carbocycles. The van der Waals surface area contributed by atoms with E-state index < -0.39 is 11.1 Å². The van der Waals surface area contributed by atoms with Crippen LogP contribution >= 0.6 is 11.8 Å². The highest BCUT2D eigenvalue weighted by Crippen LogP contribution is 2.16. The van der Waals surface area contributed by atoms with Crippen molar-refractivity contribution < 1.29 is 0 Å². The summed E-state index contributed by atoms with van der Waals surface area (Å²) in [5.74, 6) is 1.19. The summed E-state index contributed by atoms with van der Waals surface area (Å²) in [7, 11) is 3.38. The third kappa shape index (κ3) is 3.19. The Bertz CT molecular complexity index is 678. The summed E-state index contributed by atoms with van der Waals surface area (Å²) in [4.78, 5) is 34.2. The number of hydrogen-bond donors (Lipinski definition) is 2. The molecule has 0 unspecified atom stereocenters. The molecule has 0 aromatic carbocycles. The van der Waals surface area contributed by atoms with E-state index >= 15 is 0 Å². The van der Waals surface area contributed by atoms with E-state index in [1.165, 1.54) is 16.4 Å². The molecular weight excluding hydrogens is 268 g/mol. The number of anilines is 1. The molecule has 2 aromatic heterocycles. The molecule has 0 saturated heterocycles. The minimum Gasteiger partial charge on any atom is -0.372 e. The fourth-order valence-electron chi connectivity index (χ4n) is 1.29. The van der Waals surface area contributed by atoms with Gasteiger partial charge >= 0.3 is 11.1 Å². The number of aromatic nitrogens is 5. The van der Waals surface area contributed by atoms with Crippen molar-refractivity contribution in [3.63, 3.8) is 0 Å². The number of nitrogens with one attached hydrogen (secondary N) is 2. The SMILES string of the molecule is CNc1cnc(CSc2nc(=O)c(=O)[nH]n2C)cn1. The van der Waals surface area contributed by atoms with Crippen LogP contribution in [-0.2, 0) is 12.8 Å². The predicted octanol–water partition coefficient (Wildman–Crippen LogP) is -0.407. The van der Waals surface area contributed by atoms with E-state index in [-0.39, 0.29) is 0 Å². The van der Waals surface area contributed by atoms with E-state index in [1.807, 2.05) is 0 Å². The van der Waals surface area contributed by atoms with Crippen LogP contribution in [0.1, 0.15) is 5.69 Å². The molecule has 100 valence electrons. The topological polar surface area (TPSA) is 106 Å². The zero-order chi connectivity index (χ0) is 13.8.